The molecule has 2 aliphatic rings. The Bertz CT molecular complexity index is 727. The van der Waals surface area contributed by atoms with E-state index in [1.165, 1.54) is 0 Å². The molecule has 140 valence electrons. The first-order valence-electron chi connectivity index (χ1n) is 8.97. The van der Waals surface area contributed by atoms with Gasteiger partial charge in [-0.05, 0) is 48.9 Å². The first-order chi connectivity index (χ1) is 12.5. The average Bonchev–Trinajstić information content (AvgIpc) is 2.67. The molecule has 0 bridgehead atoms. The number of hydrogen-bond donors (Lipinski definition) is 1. The molecule has 6 nitrogen and oxygen atoms in total. The quantitative estimate of drug-likeness (QED) is 0.818. The second-order valence-corrected chi connectivity index (χ2v) is 6.78. The molecule has 0 unspecified atom stereocenters. The molecule has 1 amide bonds. The summed E-state index contributed by atoms with van der Waals surface area (Å²) in [7, 11) is 3.13. The number of benzene rings is 1. The molecule has 2 atom stereocenters. The summed E-state index contributed by atoms with van der Waals surface area (Å²) in [5.74, 6) is 0.257. The van der Waals surface area contributed by atoms with E-state index in [1.54, 1.807) is 19.1 Å². The molecule has 3 rings (SSSR count). The van der Waals surface area contributed by atoms with Crippen molar-refractivity contribution < 1.29 is 24.2 Å². The standard InChI is InChI=1S/C20H25NO5/c1-25-17-10-14-8-9-21(20(24)13-6-4-3-5-7-13)16(12-19(22)23)15(14)11-18(17)26-2/h3-4,10-11,13,16H,5-9,12H2,1-2H3,(H,22,23)/t13-,16+/m1/s1. The van der Waals surface area contributed by atoms with E-state index in [9.17, 15) is 14.7 Å². The van der Waals surface area contributed by atoms with Gasteiger partial charge in [-0.1, -0.05) is 12.2 Å². The highest BCUT2D eigenvalue weighted by atomic mass is 16.5. The normalized spacial score (nSPS) is 21.8. The van der Waals surface area contributed by atoms with Crippen LogP contribution in [0.1, 0.15) is 42.9 Å². The number of fused-ring (bicyclic) bond motifs is 1. The van der Waals surface area contributed by atoms with Gasteiger partial charge in [0.1, 0.15) is 0 Å². The molecule has 26 heavy (non-hydrogen) atoms. The van der Waals surface area contributed by atoms with Crippen molar-refractivity contribution in [2.75, 3.05) is 20.8 Å². The summed E-state index contributed by atoms with van der Waals surface area (Å²) in [6.07, 6.45) is 7.16. The van der Waals surface area contributed by atoms with Gasteiger partial charge in [0.05, 0.1) is 26.7 Å². The van der Waals surface area contributed by atoms with Gasteiger partial charge < -0.3 is 19.5 Å². The van der Waals surface area contributed by atoms with Gasteiger partial charge >= 0.3 is 5.97 Å². The van der Waals surface area contributed by atoms with Gasteiger partial charge in [-0.15, -0.1) is 0 Å². The van der Waals surface area contributed by atoms with Crippen LogP contribution in [0.15, 0.2) is 24.3 Å². The lowest BCUT2D eigenvalue weighted by Gasteiger charge is -2.39. The predicted molar refractivity (Wildman–Crippen MR) is 96.4 cm³/mol. The van der Waals surface area contributed by atoms with Crippen molar-refractivity contribution in [2.24, 2.45) is 5.92 Å². The molecule has 0 aromatic heterocycles. The fourth-order valence-corrected chi connectivity index (χ4v) is 3.93. The van der Waals surface area contributed by atoms with Crippen LogP contribution in [-0.2, 0) is 16.0 Å². The number of rotatable bonds is 5. The van der Waals surface area contributed by atoms with Gasteiger partial charge in [0.25, 0.3) is 0 Å². The largest absolute Gasteiger partial charge is 0.493 e. The first kappa shape index (κ1) is 18.3. The number of ether oxygens (including phenoxy) is 2. The molecule has 1 aromatic rings. The van der Waals surface area contributed by atoms with Crippen LogP contribution >= 0.6 is 0 Å². The first-order valence-corrected chi connectivity index (χ1v) is 8.97. The van der Waals surface area contributed by atoms with Crippen molar-refractivity contribution in [3.8, 4) is 11.5 Å². The number of carboxylic acid groups (broad SMARTS) is 1. The number of hydrogen-bond acceptors (Lipinski definition) is 4. The molecule has 1 aromatic carbocycles. The van der Waals surface area contributed by atoms with Crippen LogP contribution in [0.2, 0.25) is 0 Å². The number of allylic oxidation sites excluding steroid dienone is 2. The van der Waals surface area contributed by atoms with Crippen LogP contribution in [0.25, 0.3) is 0 Å². The lowest BCUT2D eigenvalue weighted by molar-refractivity contribution is -0.143. The SMILES string of the molecule is COc1cc2c(cc1OC)[C@H](CC(=O)O)N(C(=O)[C@@H]1CC=CCC1)CC2. The monoisotopic (exact) mass is 359 g/mol. The maximum absolute atomic E-state index is 13.1. The van der Waals surface area contributed by atoms with Crippen LogP contribution in [0.5, 0.6) is 11.5 Å². The zero-order chi connectivity index (χ0) is 18.7. The highest BCUT2D eigenvalue weighted by molar-refractivity contribution is 5.81. The number of carbonyl (C=O) groups is 2. The fraction of sp³-hybridized carbons (Fsp3) is 0.500. The average molecular weight is 359 g/mol. The summed E-state index contributed by atoms with van der Waals surface area (Å²) in [6, 6.07) is 3.24. The summed E-state index contributed by atoms with van der Waals surface area (Å²) in [5, 5.41) is 9.42. The molecule has 1 aliphatic carbocycles. The third-order valence-corrected chi connectivity index (χ3v) is 5.27. The Hall–Kier alpha value is -2.50. The zero-order valence-electron chi connectivity index (χ0n) is 15.2. The van der Waals surface area contributed by atoms with E-state index in [2.05, 4.69) is 6.08 Å². The maximum atomic E-state index is 13.1. The molecule has 1 heterocycles. The third kappa shape index (κ3) is 3.54. The van der Waals surface area contributed by atoms with Crippen LogP contribution in [0.3, 0.4) is 0 Å². The maximum Gasteiger partial charge on any atom is 0.305 e. The van der Waals surface area contributed by atoms with Crippen LogP contribution < -0.4 is 9.47 Å². The molecule has 0 spiro atoms. The second kappa shape index (κ2) is 7.81. The van der Waals surface area contributed by atoms with Gasteiger partial charge in [-0.25, -0.2) is 0 Å². The molecular formula is C20H25NO5. The minimum Gasteiger partial charge on any atom is -0.493 e. The van der Waals surface area contributed by atoms with E-state index in [4.69, 9.17) is 9.47 Å². The Labute approximate surface area is 153 Å². The Morgan fingerprint density at radius 1 is 1.19 bits per heavy atom. The molecule has 1 aliphatic heterocycles. The van der Waals surface area contributed by atoms with E-state index in [0.717, 1.165) is 30.4 Å². The minimum atomic E-state index is -0.918. The van der Waals surface area contributed by atoms with Crippen molar-refractivity contribution >= 4 is 11.9 Å². The zero-order valence-corrected chi connectivity index (χ0v) is 15.2. The summed E-state index contributed by atoms with van der Waals surface area (Å²) in [6.45, 7) is 0.527. The van der Waals surface area contributed by atoms with Crippen molar-refractivity contribution in [2.45, 2.75) is 38.1 Å². The van der Waals surface area contributed by atoms with Crippen molar-refractivity contribution in [1.29, 1.82) is 0 Å². The molecule has 0 saturated carbocycles. The van der Waals surface area contributed by atoms with Crippen LogP contribution in [0, 0.1) is 5.92 Å². The van der Waals surface area contributed by atoms with Crippen LogP contribution in [0.4, 0.5) is 0 Å². The highest BCUT2D eigenvalue weighted by Crippen LogP contribution is 2.40. The van der Waals surface area contributed by atoms with Gasteiger partial charge in [0.2, 0.25) is 5.91 Å². The van der Waals surface area contributed by atoms with Crippen molar-refractivity contribution in [3.05, 3.63) is 35.4 Å². The van der Waals surface area contributed by atoms with Gasteiger partial charge in [0.15, 0.2) is 11.5 Å². The third-order valence-electron chi connectivity index (χ3n) is 5.27. The van der Waals surface area contributed by atoms with Crippen molar-refractivity contribution in [3.63, 3.8) is 0 Å². The Morgan fingerprint density at radius 2 is 1.92 bits per heavy atom. The summed E-state index contributed by atoms with van der Waals surface area (Å²) in [5.41, 5.74) is 1.86. The van der Waals surface area contributed by atoms with Gasteiger partial charge in [-0.3, -0.25) is 9.59 Å². The van der Waals surface area contributed by atoms with Crippen molar-refractivity contribution in [1.82, 2.24) is 4.90 Å². The van der Waals surface area contributed by atoms with Gasteiger partial charge in [0, 0.05) is 12.5 Å². The molecule has 0 saturated heterocycles. The van der Waals surface area contributed by atoms with Gasteiger partial charge in [-0.2, -0.15) is 0 Å². The fourth-order valence-electron chi connectivity index (χ4n) is 3.93. The summed E-state index contributed by atoms with van der Waals surface area (Å²) in [4.78, 5) is 26.3. The number of carbonyl (C=O) groups excluding carboxylic acids is 1. The minimum absolute atomic E-state index is 0.0565. The number of methoxy groups -OCH3 is 2. The Kier molecular flexibility index (Phi) is 5.49. The highest BCUT2D eigenvalue weighted by Gasteiger charge is 2.36. The number of amides is 1. The van der Waals surface area contributed by atoms with E-state index >= 15 is 0 Å². The number of carboxylic acids is 1. The topological polar surface area (TPSA) is 76.1 Å². The smallest absolute Gasteiger partial charge is 0.305 e. The Balaban J connectivity index is 1.96. The second-order valence-electron chi connectivity index (χ2n) is 6.78. The molecular weight excluding hydrogens is 334 g/mol. The van der Waals surface area contributed by atoms with E-state index < -0.39 is 12.0 Å². The lowest BCUT2D eigenvalue weighted by Crippen LogP contribution is -2.44. The molecule has 0 fully saturated rings. The molecule has 1 N–H and O–H groups in total. The van der Waals surface area contributed by atoms with E-state index in [1.807, 2.05) is 18.2 Å². The molecule has 0 radical (unpaired) electrons. The van der Waals surface area contributed by atoms with E-state index in [-0.39, 0.29) is 18.2 Å². The Morgan fingerprint density at radius 3 is 2.54 bits per heavy atom. The summed E-state index contributed by atoms with van der Waals surface area (Å²) < 4.78 is 10.7. The van der Waals surface area contributed by atoms with E-state index in [0.29, 0.717) is 24.5 Å². The lowest BCUT2D eigenvalue weighted by atomic mass is 9.87. The number of nitrogens with zero attached hydrogens (tertiary/aromatic N) is 1. The number of aliphatic carboxylic acids is 1. The molecule has 6 heteroatoms. The predicted octanol–water partition coefficient (Wildman–Crippen LogP) is 2.96. The summed E-state index contributed by atoms with van der Waals surface area (Å²) >= 11 is 0. The van der Waals surface area contributed by atoms with Crippen LogP contribution in [-0.4, -0.2) is 42.6 Å².